The van der Waals surface area contributed by atoms with Gasteiger partial charge in [0.1, 0.15) is 5.66 Å². The molecule has 0 saturated heterocycles. The highest BCUT2D eigenvalue weighted by Gasteiger charge is 2.44. The van der Waals surface area contributed by atoms with Gasteiger partial charge in [0, 0.05) is 29.0 Å². The van der Waals surface area contributed by atoms with Gasteiger partial charge in [0.2, 0.25) is 0 Å². The predicted molar refractivity (Wildman–Crippen MR) is 125 cm³/mol. The lowest BCUT2D eigenvalue weighted by atomic mass is 9.48. The van der Waals surface area contributed by atoms with Crippen molar-refractivity contribution < 1.29 is 0 Å². The van der Waals surface area contributed by atoms with E-state index in [1.807, 2.05) is 0 Å². The Kier molecular flexibility index (Phi) is 4.56. The van der Waals surface area contributed by atoms with Crippen molar-refractivity contribution >= 4 is 23.7 Å². The molecule has 0 N–H and O–H groups in total. The van der Waals surface area contributed by atoms with Crippen molar-refractivity contribution in [3.05, 3.63) is 77.4 Å². The Bertz CT molecular complexity index is 1060. The van der Waals surface area contributed by atoms with Gasteiger partial charge in [-0.25, -0.2) is 0 Å². The van der Waals surface area contributed by atoms with Crippen LogP contribution in [0.25, 0.3) is 11.2 Å². The molecule has 0 unspecified atom stereocenters. The maximum absolute atomic E-state index is 2.49. The standard InChI is InChI=1S/C25H32BN3/c1-19-21-15-11-12-16-22(21)23(24(2,3)4)26(7)29(19)28-18-17-27(25(28,5)6)20-13-9-8-10-14-20/h8-18H,1-7H3. The number of hydrazine groups is 1. The minimum absolute atomic E-state index is 0.0845. The second kappa shape index (κ2) is 6.72. The van der Waals surface area contributed by atoms with Gasteiger partial charge in [0.15, 0.2) is 0 Å². The Balaban J connectivity index is 1.85. The van der Waals surface area contributed by atoms with E-state index in [4.69, 9.17) is 0 Å². The predicted octanol–water partition coefficient (Wildman–Crippen LogP) is 4.43. The lowest BCUT2D eigenvalue weighted by molar-refractivity contribution is 0.0729. The zero-order chi connectivity index (χ0) is 21.0. The average Bonchev–Trinajstić information content (AvgIpc) is 2.96. The highest BCUT2D eigenvalue weighted by atomic mass is 15.7. The topological polar surface area (TPSA) is 9.72 Å². The molecule has 0 aromatic heterocycles. The van der Waals surface area contributed by atoms with Crippen LogP contribution in [0.1, 0.15) is 41.5 Å². The molecule has 0 fully saturated rings. The SMILES string of the molecule is CB1C(C(C)(C)C)=c2ccccc2=C(C)N1N1C=CN(c2ccccc2)C1(C)C. The van der Waals surface area contributed by atoms with E-state index in [-0.39, 0.29) is 17.9 Å². The average molecular weight is 385 g/mol. The quantitative estimate of drug-likeness (QED) is 0.708. The van der Waals surface area contributed by atoms with Crippen molar-refractivity contribution in [1.82, 2.24) is 9.93 Å². The van der Waals surface area contributed by atoms with E-state index in [1.165, 1.54) is 27.3 Å². The van der Waals surface area contributed by atoms with Crippen LogP contribution in [0.5, 0.6) is 0 Å². The summed E-state index contributed by atoms with van der Waals surface area (Å²) in [5, 5.41) is 5.13. The molecule has 0 bridgehead atoms. The zero-order valence-corrected chi connectivity index (χ0v) is 18.8. The Morgan fingerprint density at radius 1 is 0.828 bits per heavy atom. The number of nitrogens with zero attached hydrogens (tertiary/aromatic N) is 3. The summed E-state index contributed by atoms with van der Waals surface area (Å²) < 4.78 is 0. The first-order valence-electron chi connectivity index (χ1n) is 10.6. The van der Waals surface area contributed by atoms with Crippen molar-refractivity contribution in [2.75, 3.05) is 4.90 Å². The Hall–Kier alpha value is -2.62. The third kappa shape index (κ3) is 3.06. The van der Waals surface area contributed by atoms with E-state index in [1.54, 1.807) is 0 Å². The van der Waals surface area contributed by atoms with Crippen molar-refractivity contribution in [2.24, 2.45) is 5.41 Å². The van der Waals surface area contributed by atoms with Crippen LogP contribution >= 0.6 is 0 Å². The Morgan fingerprint density at radius 3 is 2.03 bits per heavy atom. The van der Waals surface area contributed by atoms with Gasteiger partial charge in [-0.05, 0) is 43.5 Å². The monoisotopic (exact) mass is 385 g/mol. The molecule has 0 radical (unpaired) electrons. The number of hydrogen-bond donors (Lipinski definition) is 0. The molecule has 3 nitrogen and oxygen atoms in total. The molecule has 0 saturated carbocycles. The molecule has 0 atom stereocenters. The summed E-state index contributed by atoms with van der Waals surface area (Å²) >= 11 is 0. The lowest BCUT2D eigenvalue weighted by Gasteiger charge is -2.51. The summed E-state index contributed by atoms with van der Waals surface area (Å²) in [5.41, 5.74) is 3.86. The number of anilines is 1. The second-order valence-corrected chi connectivity index (χ2v) is 9.66. The molecule has 150 valence electrons. The molecular weight excluding hydrogens is 353 g/mol. The minimum atomic E-state index is -0.216. The van der Waals surface area contributed by atoms with Gasteiger partial charge < -0.3 is 9.82 Å². The molecule has 4 rings (SSSR count). The van der Waals surface area contributed by atoms with Crippen molar-refractivity contribution in [1.29, 1.82) is 0 Å². The minimum Gasteiger partial charge on any atom is -0.327 e. The van der Waals surface area contributed by atoms with E-state index < -0.39 is 0 Å². The molecule has 2 aliphatic rings. The van der Waals surface area contributed by atoms with Crippen LogP contribution < -0.4 is 15.3 Å². The smallest absolute Gasteiger partial charge is 0.307 e. The van der Waals surface area contributed by atoms with Gasteiger partial charge in [0.25, 0.3) is 0 Å². The molecule has 0 amide bonds. The van der Waals surface area contributed by atoms with Gasteiger partial charge >= 0.3 is 6.85 Å². The molecule has 2 aliphatic heterocycles. The van der Waals surface area contributed by atoms with Crippen molar-refractivity contribution in [3.63, 3.8) is 0 Å². The fourth-order valence-electron chi connectivity index (χ4n) is 5.10. The van der Waals surface area contributed by atoms with E-state index in [0.717, 1.165) is 0 Å². The van der Waals surface area contributed by atoms with E-state index >= 15 is 0 Å². The summed E-state index contributed by atoms with van der Waals surface area (Å²) in [6.07, 6.45) is 4.42. The second-order valence-electron chi connectivity index (χ2n) is 9.66. The Morgan fingerprint density at radius 2 is 1.41 bits per heavy atom. The number of para-hydroxylation sites is 1. The molecule has 2 aromatic rings. The van der Waals surface area contributed by atoms with Gasteiger partial charge in [-0.3, -0.25) is 5.01 Å². The number of fused-ring (bicyclic) bond motifs is 1. The number of hydrogen-bond acceptors (Lipinski definition) is 3. The number of benzene rings is 2. The molecule has 2 aromatic carbocycles. The molecular formula is C25H32BN3. The molecule has 4 heteroatoms. The highest BCUT2D eigenvalue weighted by Crippen LogP contribution is 2.39. The maximum atomic E-state index is 2.49. The molecule has 2 heterocycles. The van der Waals surface area contributed by atoms with Crippen LogP contribution in [0, 0.1) is 5.41 Å². The fourth-order valence-corrected chi connectivity index (χ4v) is 5.10. The molecule has 0 aliphatic carbocycles. The first-order chi connectivity index (χ1) is 13.6. The first-order valence-corrected chi connectivity index (χ1v) is 10.6. The van der Waals surface area contributed by atoms with Crippen LogP contribution in [-0.2, 0) is 0 Å². The summed E-state index contributed by atoms with van der Waals surface area (Å²) in [6.45, 7) is 16.4. The van der Waals surface area contributed by atoms with Gasteiger partial charge in [-0.15, -0.1) is 0 Å². The van der Waals surface area contributed by atoms with Gasteiger partial charge in [0.05, 0.1) is 0 Å². The fraction of sp³-hybridized carbons (Fsp3) is 0.360. The van der Waals surface area contributed by atoms with E-state index in [0.29, 0.717) is 0 Å². The summed E-state index contributed by atoms with van der Waals surface area (Å²) in [7, 11) is 0. The van der Waals surface area contributed by atoms with E-state index in [9.17, 15) is 0 Å². The number of rotatable bonds is 2. The van der Waals surface area contributed by atoms with Crippen LogP contribution in [0.4, 0.5) is 5.69 Å². The first kappa shape index (κ1) is 19.7. The van der Waals surface area contributed by atoms with Gasteiger partial charge in [-0.2, -0.15) is 0 Å². The van der Waals surface area contributed by atoms with Gasteiger partial charge in [-0.1, -0.05) is 75.5 Å². The largest absolute Gasteiger partial charge is 0.327 e. The third-order valence-electron chi connectivity index (χ3n) is 6.32. The Labute approximate surface area is 175 Å². The lowest BCUT2D eigenvalue weighted by Crippen LogP contribution is -2.63. The summed E-state index contributed by atoms with van der Waals surface area (Å²) in [6, 6.07) is 19.5. The van der Waals surface area contributed by atoms with E-state index in [2.05, 4.69) is 130 Å². The maximum Gasteiger partial charge on any atom is 0.307 e. The summed E-state index contributed by atoms with van der Waals surface area (Å²) in [5.74, 6) is 0. The summed E-state index contributed by atoms with van der Waals surface area (Å²) in [4.78, 5) is 4.84. The van der Waals surface area contributed by atoms with Crippen molar-refractivity contribution in [2.45, 2.75) is 54.0 Å². The zero-order valence-electron chi connectivity index (χ0n) is 18.8. The van der Waals surface area contributed by atoms with Crippen molar-refractivity contribution in [3.8, 4) is 0 Å². The van der Waals surface area contributed by atoms with Crippen LogP contribution in [0.2, 0.25) is 6.82 Å². The molecule has 0 spiro atoms. The highest BCUT2D eigenvalue weighted by molar-refractivity contribution is 6.75. The van der Waals surface area contributed by atoms with Crippen LogP contribution in [0.15, 0.2) is 67.0 Å². The van der Waals surface area contributed by atoms with Crippen LogP contribution in [0.3, 0.4) is 0 Å². The third-order valence-corrected chi connectivity index (χ3v) is 6.32. The normalized spacial score (nSPS) is 18.6. The molecule has 29 heavy (non-hydrogen) atoms. The van der Waals surface area contributed by atoms with Crippen LogP contribution in [-0.4, -0.2) is 22.4 Å².